The molecule has 32 heavy (non-hydrogen) atoms. The fourth-order valence-corrected chi connectivity index (χ4v) is 5.11. The Morgan fingerprint density at radius 1 is 0.906 bits per heavy atom. The van der Waals surface area contributed by atoms with Crippen molar-refractivity contribution < 1.29 is 13.2 Å². The lowest BCUT2D eigenvalue weighted by Crippen LogP contribution is -2.49. The van der Waals surface area contributed by atoms with Crippen LogP contribution in [-0.2, 0) is 16.6 Å². The van der Waals surface area contributed by atoms with Gasteiger partial charge < -0.3 is 4.90 Å². The fraction of sp³-hybridized carbons (Fsp3) is 0.174. The van der Waals surface area contributed by atoms with Crippen molar-refractivity contribution in [2.45, 2.75) is 17.9 Å². The third-order valence-corrected chi connectivity index (χ3v) is 7.08. The molecule has 2 amide bonds. The van der Waals surface area contributed by atoms with E-state index in [9.17, 15) is 13.2 Å². The Bertz CT molecular complexity index is 1240. The van der Waals surface area contributed by atoms with E-state index in [0.29, 0.717) is 30.3 Å². The number of nitrogens with one attached hydrogen (secondary N) is 1. The third-order valence-electron chi connectivity index (χ3n) is 5.13. The zero-order chi connectivity index (χ0) is 22.7. The van der Waals surface area contributed by atoms with Crippen LogP contribution in [0.5, 0.6) is 0 Å². The van der Waals surface area contributed by atoms with Gasteiger partial charge in [-0.1, -0.05) is 53.5 Å². The molecular weight excluding hydrogens is 469 g/mol. The summed E-state index contributed by atoms with van der Waals surface area (Å²) < 4.78 is 28.0. The Morgan fingerprint density at radius 2 is 1.69 bits per heavy atom. The van der Waals surface area contributed by atoms with Crippen LogP contribution in [0.4, 0.5) is 16.2 Å². The summed E-state index contributed by atoms with van der Waals surface area (Å²) in [5.41, 5.74) is 1.73. The van der Waals surface area contributed by atoms with Crippen LogP contribution in [0.2, 0.25) is 10.0 Å². The van der Waals surface area contributed by atoms with E-state index in [4.69, 9.17) is 23.2 Å². The molecule has 0 aromatic heterocycles. The van der Waals surface area contributed by atoms with E-state index in [1.54, 1.807) is 52.3 Å². The molecule has 1 aliphatic rings. The van der Waals surface area contributed by atoms with Crippen molar-refractivity contribution in [1.82, 2.24) is 4.90 Å². The highest BCUT2D eigenvalue weighted by molar-refractivity contribution is 7.92. The maximum Gasteiger partial charge on any atom is 0.324 e. The molecule has 1 fully saturated rings. The first-order valence-corrected chi connectivity index (χ1v) is 12.3. The minimum atomic E-state index is -3.81. The quantitative estimate of drug-likeness (QED) is 0.487. The van der Waals surface area contributed by atoms with Gasteiger partial charge in [0.15, 0.2) is 0 Å². The lowest BCUT2D eigenvalue weighted by Gasteiger charge is -2.36. The number of halogens is 2. The van der Waals surface area contributed by atoms with Gasteiger partial charge in [-0.3, -0.25) is 9.62 Å². The van der Waals surface area contributed by atoms with Crippen molar-refractivity contribution in [1.29, 1.82) is 0 Å². The van der Waals surface area contributed by atoms with Crippen LogP contribution in [0.1, 0.15) is 12.0 Å². The molecule has 0 saturated carbocycles. The largest absolute Gasteiger partial charge is 0.324 e. The fourth-order valence-electron chi connectivity index (χ4n) is 3.59. The van der Waals surface area contributed by atoms with Crippen molar-refractivity contribution in [2.24, 2.45) is 0 Å². The first-order valence-electron chi connectivity index (χ1n) is 10.0. The summed E-state index contributed by atoms with van der Waals surface area (Å²) in [7, 11) is -3.81. The van der Waals surface area contributed by atoms with Gasteiger partial charge in [-0.2, -0.15) is 0 Å². The second-order valence-corrected chi connectivity index (χ2v) is 9.95. The number of carbonyl (C=O) groups is 1. The maximum atomic E-state index is 13.2. The topological polar surface area (TPSA) is 69.7 Å². The van der Waals surface area contributed by atoms with Crippen LogP contribution in [0.25, 0.3) is 0 Å². The molecule has 4 rings (SSSR count). The number of sulfonamides is 1. The van der Waals surface area contributed by atoms with Crippen LogP contribution in [0.3, 0.4) is 0 Å². The minimum absolute atomic E-state index is 0.128. The molecule has 6 nitrogen and oxygen atoms in total. The number of urea groups is 1. The van der Waals surface area contributed by atoms with E-state index < -0.39 is 10.0 Å². The van der Waals surface area contributed by atoms with Gasteiger partial charge in [-0.15, -0.1) is 0 Å². The number of hydrogen-bond acceptors (Lipinski definition) is 3. The van der Waals surface area contributed by atoms with Crippen molar-refractivity contribution in [2.75, 3.05) is 22.7 Å². The molecule has 3 aromatic carbocycles. The van der Waals surface area contributed by atoms with E-state index in [2.05, 4.69) is 4.72 Å². The summed E-state index contributed by atoms with van der Waals surface area (Å²) in [6.45, 7) is 1.59. The molecular formula is C23H21Cl2N3O3S. The van der Waals surface area contributed by atoms with E-state index >= 15 is 0 Å². The number of benzene rings is 3. The van der Waals surface area contributed by atoms with Gasteiger partial charge in [0.1, 0.15) is 0 Å². The van der Waals surface area contributed by atoms with Gasteiger partial charge >= 0.3 is 6.03 Å². The molecule has 0 bridgehead atoms. The van der Waals surface area contributed by atoms with Gasteiger partial charge in [0.2, 0.25) is 0 Å². The van der Waals surface area contributed by atoms with E-state index in [-0.39, 0.29) is 21.6 Å². The summed E-state index contributed by atoms with van der Waals surface area (Å²) in [6, 6.07) is 20.2. The van der Waals surface area contributed by atoms with E-state index in [1.807, 2.05) is 18.2 Å². The van der Waals surface area contributed by atoms with Crippen LogP contribution < -0.4 is 9.62 Å². The number of hydrogen-bond donors (Lipinski definition) is 1. The van der Waals surface area contributed by atoms with Gasteiger partial charge in [0.25, 0.3) is 10.0 Å². The average Bonchev–Trinajstić information content (AvgIpc) is 2.77. The first kappa shape index (κ1) is 22.5. The number of amides is 2. The minimum Gasteiger partial charge on any atom is -0.320 e. The molecule has 0 unspecified atom stereocenters. The predicted octanol–water partition coefficient (Wildman–Crippen LogP) is 5.63. The molecule has 1 N–H and O–H groups in total. The van der Waals surface area contributed by atoms with Gasteiger partial charge in [-0.25, -0.2) is 13.2 Å². The smallest absolute Gasteiger partial charge is 0.320 e. The highest BCUT2D eigenvalue weighted by Crippen LogP contribution is 2.31. The summed E-state index contributed by atoms with van der Waals surface area (Å²) in [4.78, 5) is 16.7. The van der Waals surface area contributed by atoms with Crippen molar-refractivity contribution in [3.63, 3.8) is 0 Å². The normalized spacial score (nSPS) is 14.5. The molecule has 0 spiro atoms. The molecule has 9 heteroatoms. The number of carbonyl (C=O) groups excluding carboxylic acids is 1. The van der Waals surface area contributed by atoms with Crippen LogP contribution in [0, 0.1) is 0 Å². The predicted molar refractivity (Wildman–Crippen MR) is 128 cm³/mol. The van der Waals surface area contributed by atoms with Crippen molar-refractivity contribution >= 4 is 50.6 Å². The Morgan fingerprint density at radius 3 is 2.44 bits per heavy atom. The van der Waals surface area contributed by atoms with E-state index in [1.165, 1.54) is 12.1 Å². The summed E-state index contributed by atoms with van der Waals surface area (Å²) in [6.07, 6.45) is 0.778. The van der Waals surface area contributed by atoms with Crippen molar-refractivity contribution in [3.05, 3.63) is 88.4 Å². The van der Waals surface area contributed by atoms with Gasteiger partial charge in [-0.05, 0) is 54.4 Å². The molecule has 1 saturated heterocycles. The summed E-state index contributed by atoms with van der Waals surface area (Å²) in [5.74, 6) is 0. The molecule has 3 aromatic rings. The Labute approximate surface area is 197 Å². The standard InChI is InChI=1S/C23H21Cl2N3O3S/c24-18-7-4-6-17(14-18)16-27-12-5-13-28(23(27)29)19-10-11-21(25)22(15-19)26-32(30,31)20-8-2-1-3-9-20/h1-4,6-11,14-15,26H,5,12-13,16H2. The monoisotopic (exact) mass is 489 g/mol. The number of anilines is 2. The van der Waals surface area contributed by atoms with Crippen LogP contribution in [0.15, 0.2) is 77.7 Å². The zero-order valence-electron chi connectivity index (χ0n) is 17.0. The number of nitrogens with zero attached hydrogens (tertiary/aromatic N) is 2. The second-order valence-electron chi connectivity index (χ2n) is 7.42. The van der Waals surface area contributed by atoms with Crippen LogP contribution in [-0.4, -0.2) is 32.4 Å². The Balaban J connectivity index is 1.56. The molecule has 0 aliphatic carbocycles. The van der Waals surface area contributed by atoms with Crippen LogP contribution >= 0.6 is 23.2 Å². The lowest BCUT2D eigenvalue weighted by molar-refractivity contribution is 0.192. The lowest BCUT2D eigenvalue weighted by atomic mass is 10.1. The highest BCUT2D eigenvalue weighted by Gasteiger charge is 2.27. The number of rotatable bonds is 6. The molecule has 166 valence electrons. The zero-order valence-corrected chi connectivity index (χ0v) is 19.4. The Kier molecular flexibility index (Phi) is 6.60. The van der Waals surface area contributed by atoms with E-state index in [0.717, 1.165) is 12.0 Å². The Hall–Kier alpha value is -2.74. The molecule has 0 radical (unpaired) electrons. The van der Waals surface area contributed by atoms with Gasteiger partial charge in [0, 0.05) is 30.3 Å². The molecule has 1 heterocycles. The second kappa shape index (κ2) is 9.40. The molecule has 0 atom stereocenters. The van der Waals surface area contributed by atoms with Crippen molar-refractivity contribution in [3.8, 4) is 0 Å². The van der Waals surface area contributed by atoms with Gasteiger partial charge in [0.05, 0.1) is 15.6 Å². The first-order chi connectivity index (χ1) is 15.3. The molecule has 1 aliphatic heterocycles. The SMILES string of the molecule is O=C1N(Cc2cccc(Cl)c2)CCCN1c1ccc(Cl)c(NS(=O)(=O)c2ccccc2)c1. The highest BCUT2D eigenvalue weighted by atomic mass is 35.5. The summed E-state index contributed by atoms with van der Waals surface area (Å²) in [5, 5.41) is 0.866. The third kappa shape index (κ3) is 5.01. The maximum absolute atomic E-state index is 13.2. The summed E-state index contributed by atoms with van der Waals surface area (Å²) >= 11 is 12.3. The average molecular weight is 490 g/mol.